The summed E-state index contributed by atoms with van der Waals surface area (Å²) in [4.78, 5) is 4.67. The van der Waals surface area contributed by atoms with Gasteiger partial charge in [-0.2, -0.15) is 5.26 Å². The molecule has 0 bridgehead atoms. The van der Waals surface area contributed by atoms with Gasteiger partial charge in [0.05, 0.1) is 6.07 Å². The average Bonchev–Trinajstić information content (AvgIpc) is 2.29. The van der Waals surface area contributed by atoms with Gasteiger partial charge in [0.25, 0.3) is 0 Å². The zero-order valence-corrected chi connectivity index (χ0v) is 10.7. The van der Waals surface area contributed by atoms with Gasteiger partial charge in [0.15, 0.2) is 0 Å². The van der Waals surface area contributed by atoms with Gasteiger partial charge in [0.2, 0.25) is 0 Å². The summed E-state index contributed by atoms with van der Waals surface area (Å²) in [6.07, 6.45) is 2.58. The normalized spacial score (nSPS) is 20.9. The zero-order valence-electron chi connectivity index (χ0n) is 10.7. The van der Waals surface area contributed by atoms with Gasteiger partial charge in [0.1, 0.15) is 6.04 Å². The molecule has 4 nitrogen and oxygen atoms in total. The van der Waals surface area contributed by atoms with Crippen molar-refractivity contribution in [2.24, 2.45) is 5.92 Å². The third kappa shape index (κ3) is 4.48. The fraction of sp³-hybridized carbons (Fsp3) is 0.917. The first kappa shape index (κ1) is 13.4. The Morgan fingerprint density at radius 1 is 1.50 bits per heavy atom. The summed E-state index contributed by atoms with van der Waals surface area (Å²) in [6, 6.07) is 2.22. The van der Waals surface area contributed by atoms with Crippen molar-refractivity contribution < 1.29 is 0 Å². The Labute approximate surface area is 99.2 Å². The van der Waals surface area contributed by atoms with E-state index in [0.717, 1.165) is 19.0 Å². The Hall–Kier alpha value is -0.630. The van der Waals surface area contributed by atoms with Crippen LogP contribution in [-0.4, -0.2) is 63.2 Å². The molecule has 1 saturated heterocycles. The largest absolute Gasteiger partial charge is 0.306 e. The summed E-state index contributed by atoms with van der Waals surface area (Å²) in [7, 11) is 6.14. The maximum absolute atomic E-state index is 8.87. The number of rotatable bonds is 5. The van der Waals surface area contributed by atoms with Gasteiger partial charge in [-0.1, -0.05) is 0 Å². The second-order valence-electron chi connectivity index (χ2n) is 4.94. The van der Waals surface area contributed by atoms with E-state index >= 15 is 0 Å². The molecule has 0 radical (unpaired) electrons. The van der Waals surface area contributed by atoms with Crippen LogP contribution in [0.4, 0.5) is 0 Å². The molecule has 1 N–H and O–H groups in total. The molecule has 0 saturated carbocycles. The van der Waals surface area contributed by atoms with Crippen LogP contribution in [0.1, 0.15) is 12.8 Å². The lowest BCUT2D eigenvalue weighted by Gasteiger charge is -2.32. The molecule has 1 unspecified atom stereocenters. The fourth-order valence-corrected chi connectivity index (χ4v) is 2.27. The van der Waals surface area contributed by atoms with E-state index in [9.17, 15) is 0 Å². The van der Waals surface area contributed by atoms with Crippen molar-refractivity contribution in [1.29, 1.82) is 5.26 Å². The number of hydrogen-bond acceptors (Lipinski definition) is 4. The standard InChI is InChI=1S/C12H24N4/c1-14-12(8-13)10-16(3)9-11-4-6-15(2)7-5-11/h11-12,14H,4-7,9-10H2,1-3H3. The molecule has 1 aliphatic heterocycles. The van der Waals surface area contributed by atoms with Crippen LogP contribution in [0.2, 0.25) is 0 Å². The highest BCUT2D eigenvalue weighted by molar-refractivity contribution is 4.90. The van der Waals surface area contributed by atoms with Crippen molar-refractivity contribution in [2.45, 2.75) is 18.9 Å². The van der Waals surface area contributed by atoms with Crippen molar-refractivity contribution in [1.82, 2.24) is 15.1 Å². The van der Waals surface area contributed by atoms with E-state index in [1.807, 2.05) is 7.05 Å². The van der Waals surface area contributed by atoms with Crippen molar-refractivity contribution in [2.75, 3.05) is 47.3 Å². The number of nitriles is 1. The second-order valence-corrected chi connectivity index (χ2v) is 4.94. The molecule has 16 heavy (non-hydrogen) atoms. The van der Waals surface area contributed by atoms with Gasteiger partial charge in [0, 0.05) is 13.1 Å². The van der Waals surface area contributed by atoms with Crippen LogP contribution in [-0.2, 0) is 0 Å². The first-order valence-corrected chi connectivity index (χ1v) is 6.09. The van der Waals surface area contributed by atoms with Crippen LogP contribution in [0.3, 0.4) is 0 Å². The van der Waals surface area contributed by atoms with Crippen LogP contribution < -0.4 is 5.32 Å². The first-order chi connectivity index (χ1) is 7.65. The predicted octanol–water partition coefficient (Wildman–Crippen LogP) is 0.372. The summed E-state index contributed by atoms with van der Waals surface area (Å²) in [6.45, 7) is 4.37. The number of likely N-dealkylation sites (tertiary alicyclic amines) is 1. The van der Waals surface area contributed by atoms with Crippen molar-refractivity contribution in [3.05, 3.63) is 0 Å². The molecule has 1 rings (SSSR count). The van der Waals surface area contributed by atoms with Gasteiger partial charge < -0.3 is 15.1 Å². The lowest BCUT2D eigenvalue weighted by molar-refractivity contribution is 0.173. The van der Waals surface area contributed by atoms with Crippen molar-refractivity contribution in [3.8, 4) is 6.07 Å². The van der Waals surface area contributed by atoms with E-state index in [0.29, 0.717) is 0 Å². The van der Waals surface area contributed by atoms with Crippen LogP contribution in [0.5, 0.6) is 0 Å². The molecule has 92 valence electrons. The second kappa shape index (κ2) is 6.85. The SMILES string of the molecule is CNC(C#N)CN(C)CC1CCN(C)CC1. The molecular weight excluding hydrogens is 200 g/mol. The lowest BCUT2D eigenvalue weighted by Crippen LogP contribution is -2.41. The monoisotopic (exact) mass is 224 g/mol. The maximum atomic E-state index is 8.87. The number of piperidine rings is 1. The predicted molar refractivity (Wildman–Crippen MR) is 66.2 cm³/mol. The van der Waals surface area contributed by atoms with Crippen LogP contribution in [0.15, 0.2) is 0 Å². The Morgan fingerprint density at radius 2 is 2.12 bits per heavy atom. The molecule has 0 aromatic carbocycles. The molecular formula is C12H24N4. The highest BCUT2D eigenvalue weighted by Gasteiger charge is 2.19. The molecule has 0 aliphatic carbocycles. The van der Waals surface area contributed by atoms with Crippen LogP contribution >= 0.6 is 0 Å². The minimum absolute atomic E-state index is 0.0451. The molecule has 0 aromatic heterocycles. The van der Waals surface area contributed by atoms with E-state index in [4.69, 9.17) is 5.26 Å². The molecule has 0 spiro atoms. The van der Waals surface area contributed by atoms with Gasteiger partial charge in [-0.25, -0.2) is 0 Å². The van der Waals surface area contributed by atoms with Gasteiger partial charge in [-0.15, -0.1) is 0 Å². The van der Waals surface area contributed by atoms with E-state index in [2.05, 4.69) is 35.3 Å². The Kier molecular flexibility index (Phi) is 5.75. The zero-order chi connectivity index (χ0) is 12.0. The fourth-order valence-electron chi connectivity index (χ4n) is 2.27. The summed E-state index contributed by atoms with van der Waals surface area (Å²) in [5, 5.41) is 11.9. The summed E-state index contributed by atoms with van der Waals surface area (Å²) in [5.41, 5.74) is 0. The Morgan fingerprint density at radius 3 is 2.62 bits per heavy atom. The van der Waals surface area contributed by atoms with Crippen LogP contribution in [0, 0.1) is 17.2 Å². The minimum atomic E-state index is -0.0451. The lowest BCUT2D eigenvalue weighted by atomic mass is 9.96. The van der Waals surface area contributed by atoms with Gasteiger partial charge >= 0.3 is 0 Å². The Balaban J connectivity index is 2.23. The molecule has 1 aliphatic rings. The molecule has 1 fully saturated rings. The molecule has 1 heterocycles. The quantitative estimate of drug-likeness (QED) is 0.733. The molecule has 0 aromatic rings. The van der Waals surface area contributed by atoms with Gasteiger partial charge in [-0.05, 0) is 53.0 Å². The third-order valence-electron chi connectivity index (χ3n) is 3.41. The number of hydrogen-bond donors (Lipinski definition) is 1. The summed E-state index contributed by atoms with van der Waals surface area (Å²) >= 11 is 0. The maximum Gasteiger partial charge on any atom is 0.108 e. The smallest absolute Gasteiger partial charge is 0.108 e. The van der Waals surface area contributed by atoms with Crippen LogP contribution in [0.25, 0.3) is 0 Å². The van der Waals surface area contributed by atoms with Crippen molar-refractivity contribution >= 4 is 0 Å². The summed E-state index contributed by atoms with van der Waals surface area (Å²) in [5.74, 6) is 0.803. The number of likely N-dealkylation sites (N-methyl/N-ethyl adjacent to an activating group) is 2. The first-order valence-electron chi connectivity index (χ1n) is 6.09. The third-order valence-corrected chi connectivity index (χ3v) is 3.41. The van der Waals surface area contributed by atoms with Gasteiger partial charge in [-0.3, -0.25) is 0 Å². The van der Waals surface area contributed by atoms with E-state index in [1.165, 1.54) is 25.9 Å². The van der Waals surface area contributed by atoms with E-state index in [1.54, 1.807) is 0 Å². The topological polar surface area (TPSA) is 42.3 Å². The summed E-state index contributed by atoms with van der Waals surface area (Å²) < 4.78 is 0. The molecule has 4 heteroatoms. The minimum Gasteiger partial charge on any atom is -0.306 e. The highest BCUT2D eigenvalue weighted by atomic mass is 15.1. The van der Waals surface area contributed by atoms with E-state index in [-0.39, 0.29) is 6.04 Å². The molecule has 0 amide bonds. The Bertz CT molecular complexity index is 228. The average molecular weight is 224 g/mol. The molecule has 1 atom stereocenters. The highest BCUT2D eigenvalue weighted by Crippen LogP contribution is 2.16. The number of nitrogens with zero attached hydrogens (tertiary/aromatic N) is 3. The van der Waals surface area contributed by atoms with E-state index < -0.39 is 0 Å². The van der Waals surface area contributed by atoms with Crippen molar-refractivity contribution in [3.63, 3.8) is 0 Å². The number of nitrogens with one attached hydrogen (secondary N) is 1.